The Kier molecular flexibility index (Phi) is 5.53. The lowest BCUT2D eigenvalue weighted by Crippen LogP contribution is -2.39. The fourth-order valence-corrected chi connectivity index (χ4v) is 2.79. The number of hydrogen-bond acceptors (Lipinski definition) is 3. The van der Waals surface area contributed by atoms with Gasteiger partial charge in [0.25, 0.3) is 5.91 Å². The van der Waals surface area contributed by atoms with E-state index in [1.54, 1.807) is 12.3 Å². The molecule has 1 fully saturated rings. The van der Waals surface area contributed by atoms with E-state index in [1.807, 2.05) is 6.07 Å². The maximum Gasteiger partial charge on any atom is 0.251 e. The second-order valence-electron chi connectivity index (χ2n) is 5.77. The van der Waals surface area contributed by atoms with Gasteiger partial charge in [-0.25, -0.2) is 0 Å². The van der Waals surface area contributed by atoms with Crippen molar-refractivity contribution in [2.24, 2.45) is 5.92 Å². The van der Waals surface area contributed by atoms with Crippen molar-refractivity contribution < 1.29 is 4.79 Å². The molecule has 0 unspecified atom stereocenters. The molecule has 1 amide bonds. The molecule has 0 radical (unpaired) electrons. The zero-order chi connectivity index (χ0) is 14.4. The Bertz CT molecular complexity index is 447. The van der Waals surface area contributed by atoms with Crippen LogP contribution in [0.15, 0.2) is 18.3 Å². The average molecular weight is 275 g/mol. The molecule has 0 aliphatic carbocycles. The first-order chi connectivity index (χ1) is 9.69. The Morgan fingerprint density at radius 3 is 3.15 bits per heavy atom. The summed E-state index contributed by atoms with van der Waals surface area (Å²) in [4.78, 5) is 18.8. The highest BCUT2D eigenvalue weighted by atomic mass is 16.1. The zero-order valence-electron chi connectivity index (χ0n) is 12.6. The number of carbonyl (C=O) groups excluding carboxylic acids is 1. The molecule has 0 aromatic carbocycles. The summed E-state index contributed by atoms with van der Waals surface area (Å²) >= 11 is 0. The Hall–Kier alpha value is -1.42. The van der Waals surface area contributed by atoms with Gasteiger partial charge in [0.2, 0.25) is 0 Å². The van der Waals surface area contributed by atoms with Crippen LogP contribution in [0.2, 0.25) is 0 Å². The monoisotopic (exact) mass is 275 g/mol. The van der Waals surface area contributed by atoms with Crippen LogP contribution < -0.4 is 5.32 Å². The molecule has 4 nitrogen and oxygen atoms in total. The molecular formula is C16H25N3O. The first-order valence-corrected chi connectivity index (χ1v) is 7.60. The van der Waals surface area contributed by atoms with E-state index in [4.69, 9.17) is 0 Å². The number of piperidine rings is 1. The summed E-state index contributed by atoms with van der Waals surface area (Å²) in [7, 11) is 2.15. The highest BCUT2D eigenvalue weighted by Gasteiger charge is 2.18. The van der Waals surface area contributed by atoms with Crippen LogP contribution in [0.25, 0.3) is 0 Å². The van der Waals surface area contributed by atoms with Crippen molar-refractivity contribution in [3.8, 4) is 0 Å². The lowest BCUT2D eigenvalue weighted by molar-refractivity contribution is 0.0936. The normalized spacial score (nSPS) is 19.8. The van der Waals surface area contributed by atoms with Crippen LogP contribution in [0.3, 0.4) is 0 Å². The summed E-state index contributed by atoms with van der Waals surface area (Å²) in [5, 5.41) is 3.07. The van der Waals surface area contributed by atoms with Gasteiger partial charge in [0, 0.05) is 30.5 Å². The van der Waals surface area contributed by atoms with Crippen molar-refractivity contribution >= 4 is 5.91 Å². The number of aryl methyl sites for hydroxylation is 1. The van der Waals surface area contributed by atoms with Crippen molar-refractivity contribution in [2.45, 2.75) is 32.6 Å². The molecule has 2 rings (SSSR count). The standard InChI is InChI=1S/C16H25N3O/c1-3-5-15-10-14(7-8-17-15)16(20)18-11-13-6-4-9-19(2)12-13/h7-8,10,13H,3-6,9,11-12H2,1-2H3,(H,18,20)/t13-/m0/s1. The van der Waals surface area contributed by atoms with E-state index in [9.17, 15) is 4.79 Å². The minimum Gasteiger partial charge on any atom is -0.352 e. The summed E-state index contributed by atoms with van der Waals surface area (Å²) in [6.07, 6.45) is 6.14. The first kappa shape index (κ1) is 15.0. The molecule has 0 bridgehead atoms. The van der Waals surface area contributed by atoms with Gasteiger partial charge >= 0.3 is 0 Å². The van der Waals surface area contributed by atoms with Crippen LogP contribution >= 0.6 is 0 Å². The van der Waals surface area contributed by atoms with Crippen LogP contribution in [-0.2, 0) is 6.42 Å². The van der Waals surface area contributed by atoms with Crippen molar-refractivity contribution in [3.63, 3.8) is 0 Å². The van der Waals surface area contributed by atoms with Crippen LogP contribution in [0, 0.1) is 5.92 Å². The van der Waals surface area contributed by atoms with E-state index in [0.717, 1.165) is 37.2 Å². The van der Waals surface area contributed by atoms with Gasteiger partial charge in [-0.2, -0.15) is 0 Å². The number of rotatable bonds is 5. The first-order valence-electron chi connectivity index (χ1n) is 7.60. The Morgan fingerprint density at radius 1 is 1.55 bits per heavy atom. The van der Waals surface area contributed by atoms with Crippen LogP contribution in [0.4, 0.5) is 0 Å². The topological polar surface area (TPSA) is 45.2 Å². The molecule has 0 spiro atoms. The molecule has 1 aromatic rings. The second kappa shape index (κ2) is 7.39. The Balaban J connectivity index is 1.86. The molecule has 4 heteroatoms. The highest BCUT2D eigenvalue weighted by Crippen LogP contribution is 2.14. The van der Waals surface area contributed by atoms with Crippen LogP contribution in [0.1, 0.15) is 42.2 Å². The molecule has 1 aliphatic rings. The quantitative estimate of drug-likeness (QED) is 0.895. The van der Waals surface area contributed by atoms with Gasteiger partial charge in [-0.15, -0.1) is 0 Å². The number of nitrogens with zero attached hydrogens (tertiary/aromatic N) is 2. The largest absolute Gasteiger partial charge is 0.352 e. The third kappa shape index (κ3) is 4.30. The molecule has 110 valence electrons. The summed E-state index contributed by atoms with van der Waals surface area (Å²) < 4.78 is 0. The fraction of sp³-hybridized carbons (Fsp3) is 0.625. The SMILES string of the molecule is CCCc1cc(C(=O)NC[C@@H]2CCCN(C)C2)ccn1. The smallest absolute Gasteiger partial charge is 0.251 e. The molecule has 1 saturated heterocycles. The number of aromatic nitrogens is 1. The maximum absolute atomic E-state index is 12.2. The molecule has 0 saturated carbocycles. The van der Waals surface area contributed by atoms with E-state index in [0.29, 0.717) is 5.92 Å². The molecule has 2 heterocycles. The van der Waals surface area contributed by atoms with Crippen molar-refractivity contribution in [2.75, 3.05) is 26.7 Å². The third-order valence-electron chi connectivity index (χ3n) is 3.86. The molecule has 1 N–H and O–H groups in total. The van der Waals surface area contributed by atoms with Crippen molar-refractivity contribution in [3.05, 3.63) is 29.6 Å². The predicted octanol–water partition coefficient (Wildman–Crippen LogP) is 2.11. The van der Waals surface area contributed by atoms with Gasteiger partial charge in [-0.1, -0.05) is 13.3 Å². The van der Waals surface area contributed by atoms with Gasteiger partial charge in [0.15, 0.2) is 0 Å². The average Bonchev–Trinajstić information content (AvgIpc) is 2.45. The number of pyridine rings is 1. The number of nitrogens with one attached hydrogen (secondary N) is 1. The third-order valence-corrected chi connectivity index (χ3v) is 3.86. The second-order valence-corrected chi connectivity index (χ2v) is 5.77. The zero-order valence-corrected chi connectivity index (χ0v) is 12.6. The number of amides is 1. The number of carbonyl (C=O) groups is 1. The Labute approximate surface area is 121 Å². The minimum absolute atomic E-state index is 0.0259. The van der Waals surface area contributed by atoms with E-state index in [2.05, 4.69) is 29.2 Å². The highest BCUT2D eigenvalue weighted by molar-refractivity contribution is 5.94. The fourth-order valence-electron chi connectivity index (χ4n) is 2.79. The number of likely N-dealkylation sites (tertiary alicyclic amines) is 1. The maximum atomic E-state index is 12.2. The van der Waals surface area contributed by atoms with Crippen molar-refractivity contribution in [1.82, 2.24) is 15.2 Å². The molecule has 1 atom stereocenters. The molecule has 1 aromatic heterocycles. The van der Waals surface area contributed by atoms with E-state index in [1.165, 1.54) is 19.4 Å². The van der Waals surface area contributed by atoms with Gasteiger partial charge in [-0.05, 0) is 50.9 Å². The lowest BCUT2D eigenvalue weighted by Gasteiger charge is -2.29. The number of hydrogen-bond donors (Lipinski definition) is 1. The van der Waals surface area contributed by atoms with Gasteiger partial charge in [0.05, 0.1) is 0 Å². The summed E-state index contributed by atoms with van der Waals surface area (Å²) in [5.41, 5.74) is 1.73. The van der Waals surface area contributed by atoms with Crippen LogP contribution in [0.5, 0.6) is 0 Å². The van der Waals surface area contributed by atoms with Crippen LogP contribution in [-0.4, -0.2) is 42.5 Å². The van der Waals surface area contributed by atoms with Gasteiger partial charge in [0.1, 0.15) is 0 Å². The minimum atomic E-state index is 0.0259. The van der Waals surface area contributed by atoms with Gasteiger partial charge < -0.3 is 10.2 Å². The van der Waals surface area contributed by atoms with E-state index < -0.39 is 0 Å². The molecular weight excluding hydrogens is 250 g/mol. The summed E-state index contributed by atoms with van der Waals surface area (Å²) in [5.74, 6) is 0.604. The summed E-state index contributed by atoms with van der Waals surface area (Å²) in [6.45, 7) is 5.15. The van der Waals surface area contributed by atoms with E-state index in [-0.39, 0.29) is 5.91 Å². The summed E-state index contributed by atoms with van der Waals surface area (Å²) in [6, 6.07) is 3.70. The predicted molar refractivity (Wildman–Crippen MR) is 80.8 cm³/mol. The van der Waals surface area contributed by atoms with E-state index >= 15 is 0 Å². The van der Waals surface area contributed by atoms with Gasteiger partial charge in [-0.3, -0.25) is 9.78 Å². The van der Waals surface area contributed by atoms with Crippen molar-refractivity contribution in [1.29, 1.82) is 0 Å². The molecule has 1 aliphatic heterocycles. The lowest BCUT2D eigenvalue weighted by atomic mass is 9.98. The molecule has 20 heavy (non-hydrogen) atoms. The Morgan fingerprint density at radius 2 is 2.40 bits per heavy atom.